The van der Waals surface area contributed by atoms with Crippen molar-refractivity contribution in [2.45, 2.75) is 19.4 Å². The third kappa shape index (κ3) is 4.61. The van der Waals surface area contributed by atoms with E-state index in [1.165, 1.54) is 0 Å². The third-order valence-electron chi connectivity index (χ3n) is 6.15. The Morgan fingerprint density at radius 1 is 0.778 bits per heavy atom. The first kappa shape index (κ1) is 23.1. The summed E-state index contributed by atoms with van der Waals surface area (Å²) in [7, 11) is 0. The van der Waals surface area contributed by atoms with Crippen molar-refractivity contribution in [2.75, 3.05) is 5.32 Å². The van der Waals surface area contributed by atoms with Crippen LogP contribution in [0.2, 0.25) is 0 Å². The number of carbonyl (C=O) groups is 3. The number of aryl methyl sites for hydroxylation is 1. The Morgan fingerprint density at radius 3 is 2.00 bits per heavy atom. The lowest BCUT2D eigenvalue weighted by molar-refractivity contribution is -0.119. The summed E-state index contributed by atoms with van der Waals surface area (Å²) in [5.74, 6) is 0.00886. The van der Waals surface area contributed by atoms with E-state index in [9.17, 15) is 14.4 Å². The average Bonchev–Trinajstić information content (AvgIpc) is 3.15. The van der Waals surface area contributed by atoms with E-state index < -0.39 is 23.8 Å². The molecule has 0 saturated heterocycles. The number of benzene rings is 4. The first-order valence-corrected chi connectivity index (χ1v) is 11.7. The maximum Gasteiger partial charge on any atom is 0.262 e. The van der Waals surface area contributed by atoms with Gasteiger partial charge in [0.25, 0.3) is 11.8 Å². The van der Waals surface area contributed by atoms with E-state index in [1.54, 1.807) is 48.5 Å². The standard InChI is InChI=1S/C30H24N2O4/c1-20-9-5-8-14-27(20)36-23-17-15-22(16-18-23)31-28(33)26(19-21-10-3-2-4-11-21)32-29(34)24-12-6-7-13-25(24)30(32)35/h2-18,26H,19H2,1H3,(H,31,33). The lowest BCUT2D eigenvalue weighted by Crippen LogP contribution is -2.48. The van der Waals surface area contributed by atoms with E-state index in [1.807, 2.05) is 61.5 Å². The molecule has 0 fully saturated rings. The van der Waals surface area contributed by atoms with Gasteiger partial charge in [-0.3, -0.25) is 19.3 Å². The summed E-state index contributed by atoms with van der Waals surface area (Å²) < 4.78 is 5.93. The molecule has 4 aromatic rings. The highest BCUT2D eigenvalue weighted by Gasteiger charge is 2.42. The van der Waals surface area contributed by atoms with Crippen molar-refractivity contribution in [3.63, 3.8) is 0 Å². The minimum Gasteiger partial charge on any atom is -0.457 e. The summed E-state index contributed by atoms with van der Waals surface area (Å²) in [6, 6.07) is 29.7. The van der Waals surface area contributed by atoms with Crippen molar-refractivity contribution in [3.05, 3.63) is 125 Å². The Bertz CT molecular complexity index is 1400. The predicted molar refractivity (Wildman–Crippen MR) is 137 cm³/mol. The van der Waals surface area contributed by atoms with Gasteiger partial charge in [-0.25, -0.2) is 0 Å². The third-order valence-corrected chi connectivity index (χ3v) is 6.15. The highest BCUT2D eigenvalue weighted by Crippen LogP contribution is 2.28. The molecule has 0 spiro atoms. The van der Waals surface area contributed by atoms with Crippen LogP contribution in [-0.2, 0) is 11.2 Å². The van der Waals surface area contributed by atoms with Gasteiger partial charge in [0.2, 0.25) is 5.91 Å². The van der Waals surface area contributed by atoms with Crippen molar-refractivity contribution < 1.29 is 19.1 Å². The smallest absolute Gasteiger partial charge is 0.262 e. The van der Waals surface area contributed by atoms with Gasteiger partial charge in [0.1, 0.15) is 17.5 Å². The second-order valence-corrected chi connectivity index (χ2v) is 8.61. The maximum absolute atomic E-state index is 13.5. The molecule has 36 heavy (non-hydrogen) atoms. The number of rotatable bonds is 7. The van der Waals surface area contributed by atoms with Gasteiger partial charge in [-0.15, -0.1) is 0 Å². The molecule has 5 rings (SSSR count). The van der Waals surface area contributed by atoms with Gasteiger partial charge in [-0.2, -0.15) is 0 Å². The fraction of sp³-hybridized carbons (Fsp3) is 0.100. The van der Waals surface area contributed by atoms with E-state index in [4.69, 9.17) is 4.74 Å². The predicted octanol–water partition coefficient (Wildman–Crippen LogP) is 5.63. The number of imide groups is 1. The Balaban J connectivity index is 1.37. The Hall–Kier alpha value is -4.71. The van der Waals surface area contributed by atoms with Gasteiger partial charge in [0, 0.05) is 12.1 Å². The Kier molecular flexibility index (Phi) is 6.33. The monoisotopic (exact) mass is 476 g/mol. The van der Waals surface area contributed by atoms with Gasteiger partial charge in [-0.05, 0) is 60.5 Å². The van der Waals surface area contributed by atoms with Crippen LogP contribution in [0.15, 0.2) is 103 Å². The topological polar surface area (TPSA) is 75.7 Å². The van der Waals surface area contributed by atoms with E-state index in [-0.39, 0.29) is 6.42 Å². The molecule has 1 unspecified atom stereocenters. The Labute approximate surface area is 209 Å². The number of nitrogens with one attached hydrogen (secondary N) is 1. The molecule has 1 aliphatic rings. The lowest BCUT2D eigenvalue weighted by atomic mass is 10.0. The van der Waals surface area contributed by atoms with Crippen LogP contribution in [0, 0.1) is 6.92 Å². The molecule has 1 aliphatic heterocycles. The molecule has 0 radical (unpaired) electrons. The van der Waals surface area contributed by atoms with Crippen LogP contribution in [0.1, 0.15) is 31.8 Å². The number of carbonyl (C=O) groups excluding carboxylic acids is 3. The molecule has 1 heterocycles. The average molecular weight is 477 g/mol. The maximum atomic E-state index is 13.5. The number of hydrogen-bond donors (Lipinski definition) is 1. The van der Waals surface area contributed by atoms with E-state index in [0.717, 1.165) is 21.8 Å². The summed E-state index contributed by atoms with van der Waals surface area (Å²) in [5.41, 5.74) is 3.01. The van der Waals surface area contributed by atoms with Crippen LogP contribution in [0.5, 0.6) is 11.5 Å². The summed E-state index contributed by atoms with van der Waals surface area (Å²) >= 11 is 0. The van der Waals surface area contributed by atoms with E-state index in [2.05, 4.69) is 5.32 Å². The van der Waals surface area contributed by atoms with Gasteiger partial charge in [0.05, 0.1) is 11.1 Å². The molecule has 0 bridgehead atoms. The molecule has 0 aliphatic carbocycles. The zero-order valence-electron chi connectivity index (χ0n) is 19.7. The second kappa shape index (κ2) is 9.88. The molecule has 6 nitrogen and oxygen atoms in total. The fourth-order valence-corrected chi connectivity index (χ4v) is 4.26. The van der Waals surface area contributed by atoms with Crippen molar-refractivity contribution in [1.82, 2.24) is 4.90 Å². The molecule has 4 aromatic carbocycles. The molecule has 0 aromatic heterocycles. The largest absolute Gasteiger partial charge is 0.457 e. The van der Waals surface area contributed by atoms with Crippen LogP contribution in [0.4, 0.5) is 5.69 Å². The van der Waals surface area contributed by atoms with Gasteiger partial charge < -0.3 is 10.1 Å². The molecule has 1 N–H and O–H groups in total. The lowest BCUT2D eigenvalue weighted by Gasteiger charge is -2.25. The Morgan fingerprint density at radius 2 is 1.36 bits per heavy atom. The molecule has 178 valence electrons. The van der Waals surface area contributed by atoms with Crippen molar-refractivity contribution in [1.29, 1.82) is 0 Å². The molecule has 1 atom stereocenters. The highest BCUT2D eigenvalue weighted by atomic mass is 16.5. The van der Waals surface area contributed by atoms with Crippen molar-refractivity contribution in [2.24, 2.45) is 0 Å². The fourth-order valence-electron chi connectivity index (χ4n) is 4.26. The zero-order chi connectivity index (χ0) is 25.1. The summed E-state index contributed by atoms with van der Waals surface area (Å²) in [6.45, 7) is 1.97. The molecular formula is C30H24N2O4. The summed E-state index contributed by atoms with van der Waals surface area (Å²) in [6.07, 6.45) is 0.201. The molecule has 6 heteroatoms. The van der Waals surface area contributed by atoms with Gasteiger partial charge in [0.15, 0.2) is 0 Å². The first-order valence-electron chi connectivity index (χ1n) is 11.7. The van der Waals surface area contributed by atoms with Crippen LogP contribution in [-0.4, -0.2) is 28.7 Å². The minimum absolute atomic E-state index is 0.201. The minimum atomic E-state index is -1.01. The first-order chi connectivity index (χ1) is 17.5. The SMILES string of the molecule is Cc1ccccc1Oc1ccc(NC(=O)C(Cc2ccccc2)N2C(=O)c3ccccc3C2=O)cc1. The second-order valence-electron chi connectivity index (χ2n) is 8.61. The van der Waals surface area contributed by atoms with Crippen LogP contribution in [0.25, 0.3) is 0 Å². The zero-order valence-corrected chi connectivity index (χ0v) is 19.7. The number of amides is 3. The van der Waals surface area contributed by atoms with E-state index in [0.29, 0.717) is 22.6 Å². The number of anilines is 1. The van der Waals surface area contributed by atoms with E-state index >= 15 is 0 Å². The van der Waals surface area contributed by atoms with Gasteiger partial charge >= 0.3 is 0 Å². The van der Waals surface area contributed by atoms with Crippen LogP contribution >= 0.6 is 0 Å². The summed E-state index contributed by atoms with van der Waals surface area (Å²) in [5, 5.41) is 2.87. The van der Waals surface area contributed by atoms with Crippen molar-refractivity contribution >= 4 is 23.4 Å². The molecule has 0 saturated carbocycles. The number of ether oxygens (including phenoxy) is 1. The summed E-state index contributed by atoms with van der Waals surface area (Å²) in [4.78, 5) is 40.9. The number of hydrogen-bond acceptors (Lipinski definition) is 4. The molecule has 3 amide bonds. The quantitative estimate of drug-likeness (QED) is 0.351. The van der Waals surface area contributed by atoms with Gasteiger partial charge in [-0.1, -0.05) is 60.7 Å². The normalized spacial score (nSPS) is 13.3. The molecular weight excluding hydrogens is 452 g/mol. The number of nitrogens with zero attached hydrogens (tertiary/aromatic N) is 1. The number of fused-ring (bicyclic) bond motifs is 1. The highest BCUT2D eigenvalue weighted by molar-refractivity contribution is 6.23. The van der Waals surface area contributed by atoms with Crippen LogP contribution < -0.4 is 10.1 Å². The van der Waals surface area contributed by atoms with Crippen LogP contribution in [0.3, 0.4) is 0 Å². The number of para-hydroxylation sites is 1. The van der Waals surface area contributed by atoms with Crippen molar-refractivity contribution in [3.8, 4) is 11.5 Å².